The van der Waals surface area contributed by atoms with Crippen molar-refractivity contribution in [2.75, 3.05) is 5.73 Å². The van der Waals surface area contributed by atoms with E-state index in [1.54, 1.807) is 30.3 Å². The molecule has 0 saturated carbocycles. The number of esters is 1. The predicted octanol–water partition coefficient (Wildman–Crippen LogP) is 2.60. The second kappa shape index (κ2) is 5.14. The molecule has 7 heteroatoms. The summed E-state index contributed by atoms with van der Waals surface area (Å²) in [5.74, 6) is -0.100. The smallest absolute Gasteiger partial charge is 0.357 e. The standard InChI is InChI=1S/C13H9N3O3S/c14-9-1-3-10(4-2-9)19-13(17)12-11(15-16-20-12)8-5-6-18-7-8/h1-7H,14H2. The average Bonchev–Trinajstić information content (AvgIpc) is 3.11. The molecular formula is C13H9N3O3S. The van der Waals surface area contributed by atoms with Crippen LogP contribution >= 0.6 is 11.5 Å². The molecule has 0 saturated heterocycles. The van der Waals surface area contributed by atoms with Crippen molar-refractivity contribution in [1.82, 2.24) is 9.59 Å². The number of nitrogens with zero attached hydrogens (tertiary/aromatic N) is 2. The third kappa shape index (κ3) is 2.39. The molecule has 2 aromatic heterocycles. The number of nitrogens with two attached hydrogens (primary N) is 1. The van der Waals surface area contributed by atoms with Gasteiger partial charge in [-0.2, -0.15) is 0 Å². The maximum Gasteiger partial charge on any atom is 0.357 e. The molecule has 0 fully saturated rings. The third-order valence-electron chi connectivity index (χ3n) is 2.56. The lowest BCUT2D eigenvalue weighted by Gasteiger charge is -2.03. The predicted molar refractivity (Wildman–Crippen MR) is 73.4 cm³/mol. The van der Waals surface area contributed by atoms with Crippen LogP contribution in [0.2, 0.25) is 0 Å². The van der Waals surface area contributed by atoms with Crippen molar-refractivity contribution < 1.29 is 13.9 Å². The first-order valence-electron chi connectivity index (χ1n) is 5.66. The second-order valence-electron chi connectivity index (χ2n) is 3.92. The van der Waals surface area contributed by atoms with Gasteiger partial charge in [0.05, 0.1) is 12.5 Å². The van der Waals surface area contributed by atoms with Crippen molar-refractivity contribution in [3.05, 3.63) is 47.7 Å². The van der Waals surface area contributed by atoms with E-state index in [9.17, 15) is 4.79 Å². The molecule has 1 aromatic carbocycles. The molecular weight excluding hydrogens is 278 g/mol. The molecule has 2 heterocycles. The minimum atomic E-state index is -0.513. The summed E-state index contributed by atoms with van der Waals surface area (Å²) in [5, 5.41) is 3.92. The van der Waals surface area contributed by atoms with Gasteiger partial charge < -0.3 is 14.9 Å². The Hall–Kier alpha value is -2.67. The van der Waals surface area contributed by atoms with Crippen LogP contribution in [0.3, 0.4) is 0 Å². The first-order chi connectivity index (χ1) is 9.74. The van der Waals surface area contributed by atoms with E-state index in [-0.39, 0.29) is 0 Å². The Morgan fingerprint density at radius 3 is 2.75 bits per heavy atom. The van der Waals surface area contributed by atoms with E-state index in [1.165, 1.54) is 12.5 Å². The van der Waals surface area contributed by atoms with E-state index in [2.05, 4.69) is 9.59 Å². The van der Waals surface area contributed by atoms with Gasteiger partial charge >= 0.3 is 5.97 Å². The van der Waals surface area contributed by atoms with Gasteiger partial charge in [0.25, 0.3) is 0 Å². The fourth-order valence-corrected chi connectivity index (χ4v) is 2.17. The van der Waals surface area contributed by atoms with E-state index in [0.29, 0.717) is 27.6 Å². The SMILES string of the molecule is Nc1ccc(OC(=O)c2snnc2-c2ccoc2)cc1. The number of nitrogen functional groups attached to an aromatic ring is 1. The van der Waals surface area contributed by atoms with Crippen LogP contribution in [0.15, 0.2) is 47.3 Å². The van der Waals surface area contributed by atoms with E-state index in [0.717, 1.165) is 11.5 Å². The van der Waals surface area contributed by atoms with Crippen molar-refractivity contribution in [3.63, 3.8) is 0 Å². The Morgan fingerprint density at radius 2 is 2.05 bits per heavy atom. The van der Waals surface area contributed by atoms with E-state index in [4.69, 9.17) is 14.9 Å². The van der Waals surface area contributed by atoms with Crippen LogP contribution in [0, 0.1) is 0 Å². The quantitative estimate of drug-likeness (QED) is 0.452. The molecule has 0 spiro atoms. The second-order valence-corrected chi connectivity index (χ2v) is 4.68. The molecule has 3 aromatic rings. The molecule has 100 valence electrons. The number of benzene rings is 1. The van der Waals surface area contributed by atoms with Gasteiger partial charge in [-0.15, -0.1) is 5.10 Å². The molecule has 6 nitrogen and oxygen atoms in total. The fraction of sp³-hybridized carbons (Fsp3) is 0. The first-order valence-corrected chi connectivity index (χ1v) is 6.44. The number of carbonyl (C=O) groups is 1. The molecule has 2 N–H and O–H groups in total. The van der Waals surface area contributed by atoms with E-state index in [1.807, 2.05) is 0 Å². The number of hydrogen-bond donors (Lipinski definition) is 1. The Balaban J connectivity index is 1.85. The van der Waals surface area contributed by atoms with Gasteiger partial charge in [-0.1, -0.05) is 4.49 Å². The van der Waals surface area contributed by atoms with E-state index < -0.39 is 5.97 Å². The highest BCUT2D eigenvalue weighted by Crippen LogP contribution is 2.25. The zero-order valence-corrected chi connectivity index (χ0v) is 11.0. The van der Waals surface area contributed by atoms with E-state index >= 15 is 0 Å². The van der Waals surface area contributed by atoms with Crippen LogP contribution in [0.5, 0.6) is 5.75 Å². The van der Waals surface area contributed by atoms with Crippen molar-refractivity contribution in [1.29, 1.82) is 0 Å². The number of anilines is 1. The molecule has 0 aliphatic rings. The molecule has 0 aliphatic carbocycles. The number of aromatic nitrogens is 2. The molecule has 0 radical (unpaired) electrons. The Bertz CT molecular complexity index is 720. The largest absolute Gasteiger partial charge is 0.472 e. The summed E-state index contributed by atoms with van der Waals surface area (Å²) in [6.07, 6.45) is 3.00. The topological polar surface area (TPSA) is 91.2 Å². The summed E-state index contributed by atoms with van der Waals surface area (Å²) >= 11 is 0.976. The van der Waals surface area contributed by atoms with Gasteiger partial charge in [0, 0.05) is 11.3 Å². The van der Waals surface area contributed by atoms with Crippen LogP contribution < -0.4 is 10.5 Å². The zero-order chi connectivity index (χ0) is 13.9. The summed E-state index contributed by atoms with van der Waals surface area (Å²) in [6, 6.07) is 8.27. The van der Waals surface area contributed by atoms with Crippen molar-refractivity contribution >= 4 is 23.2 Å². The summed E-state index contributed by atoms with van der Waals surface area (Å²) in [4.78, 5) is 12.4. The zero-order valence-electron chi connectivity index (χ0n) is 10.1. The van der Waals surface area contributed by atoms with Crippen LogP contribution in [-0.4, -0.2) is 15.6 Å². The molecule has 0 bridgehead atoms. The maximum absolute atomic E-state index is 12.1. The van der Waals surface area contributed by atoms with Gasteiger partial charge in [0.15, 0.2) is 4.88 Å². The number of ether oxygens (including phenoxy) is 1. The number of rotatable bonds is 3. The summed E-state index contributed by atoms with van der Waals surface area (Å²) < 4.78 is 14.0. The molecule has 0 atom stereocenters. The summed E-state index contributed by atoms with van der Waals surface area (Å²) in [6.45, 7) is 0. The highest BCUT2D eigenvalue weighted by atomic mass is 32.1. The van der Waals surface area contributed by atoms with Crippen LogP contribution in [0.25, 0.3) is 11.3 Å². The van der Waals surface area contributed by atoms with Gasteiger partial charge in [-0.25, -0.2) is 4.79 Å². The molecule has 0 unspecified atom stereocenters. The lowest BCUT2D eigenvalue weighted by atomic mass is 10.2. The number of furan rings is 1. The summed E-state index contributed by atoms with van der Waals surface area (Å²) in [7, 11) is 0. The normalized spacial score (nSPS) is 10.4. The number of carbonyl (C=O) groups excluding carboxylic acids is 1. The Morgan fingerprint density at radius 1 is 1.25 bits per heavy atom. The van der Waals surface area contributed by atoms with Gasteiger partial charge in [0.1, 0.15) is 11.4 Å². The maximum atomic E-state index is 12.1. The minimum Gasteiger partial charge on any atom is -0.472 e. The van der Waals surface area contributed by atoms with Crippen molar-refractivity contribution in [2.45, 2.75) is 0 Å². The molecule has 0 aliphatic heterocycles. The molecule has 20 heavy (non-hydrogen) atoms. The van der Waals surface area contributed by atoms with Crippen molar-refractivity contribution in [2.24, 2.45) is 0 Å². The average molecular weight is 287 g/mol. The Labute approximate surface area is 118 Å². The van der Waals surface area contributed by atoms with Crippen LogP contribution in [0.1, 0.15) is 9.67 Å². The highest BCUT2D eigenvalue weighted by Gasteiger charge is 2.20. The first kappa shape index (κ1) is 12.4. The van der Waals surface area contributed by atoms with Crippen LogP contribution in [-0.2, 0) is 0 Å². The third-order valence-corrected chi connectivity index (χ3v) is 3.26. The molecule has 3 rings (SSSR count). The lowest BCUT2D eigenvalue weighted by molar-refractivity contribution is 0.0740. The fourth-order valence-electron chi connectivity index (χ4n) is 1.60. The highest BCUT2D eigenvalue weighted by molar-refractivity contribution is 7.08. The monoisotopic (exact) mass is 287 g/mol. The molecule has 0 amide bonds. The Kier molecular flexibility index (Phi) is 3.18. The van der Waals surface area contributed by atoms with Crippen molar-refractivity contribution in [3.8, 4) is 17.0 Å². The summed E-state index contributed by atoms with van der Waals surface area (Å²) in [5.41, 5.74) is 7.30. The number of hydrogen-bond acceptors (Lipinski definition) is 7. The van der Waals surface area contributed by atoms with Gasteiger partial charge in [-0.05, 0) is 41.9 Å². The van der Waals surface area contributed by atoms with Crippen LogP contribution in [0.4, 0.5) is 5.69 Å². The van der Waals surface area contributed by atoms with Gasteiger partial charge in [0.2, 0.25) is 0 Å². The lowest BCUT2D eigenvalue weighted by Crippen LogP contribution is -2.07. The van der Waals surface area contributed by atoms with Gasteiger partial charge in [-0.3, -0.25) is 0 Å². The minimum absolute atomic E-state index is 0.322.